The van der Waals surface area contributed by atoms with Crippen molar-refractivity contribution in [3.05, 3.63) is 0 Å². The van der Waals surface area contributed by atoms with E-state index in [1.54, 1.807) is 0 Å². The largest absolute Gasteiger partial charge is 0.481 e. The van der Waals surface area contributed by atoms with E-state index in [1.165, 1.54) is 0 Å². The van der Waals surface area contributed by atoms with Gasteiger partial charge in [-0.15, -0.1) is 0 Å². The number of carbonyl (C=O) groups is 4. The van der Waals surface area contributed by atoms with Crippen molar-refractivity contribution >= 4 is 24.9 Å². The van der Waals surface area contributed by atoms with Crippen molar-refractivity contribution in [2.24, 2.45) is 17.8 Å². The van der Waals surface area contributed by atoms with Crippen LogP contribution in [0.3, 0.4) is 0 Å². The number of aliphatic carboxylic acids is 2. The smallest absolute Gasteiger partial charge is 0.307 e. The number of ether oxygens (including phenoxy) is 2. The summed E-state index contributed by atoms with van der Waals surface area (Å²) in [5, 5.41) is 18.1. The number of carboxylic acid groups (broad SMARTS) is 2. The zero-order valence-electron chi connectivity index (χ0n) is 10.6. The molecule has 0 bridgehead atoms. The molecule has 1 fully saturated rings. The predicted molar refractivity (Wildman–Crippen MR) is 62.5 cm³/mol. The highest BCUT2D eigenvalue weighted by atomic mass is 16.6. The third kappa shape index (κ3) is 3.94. The van der Waals surface area contributed by atoms with Gasteiger partial charge in [0.25, 0.3) is 12.9 Å². The van der Waals surface area contributed by atoms with Crippen LogP contribution in [0.2, 0.25) is 0 Å². The van der Waals surface area contributed by atoms with Gasteiger partial charge in [-0.1, -0.05) is 0 Å². The molecule has 8 heteroatoms. The Kier molecular flexibility index (Phi) is 5.95. The normalized spacial score (nSPS) is 27.1. The van der Waals surface area contributed by atoms with E-state index in [1.807, 2.05) is 0 Å². The minimum absolute atomic E-state index is 0.0625. The van der Waals surface area contributed by atoms with Gasteiger partial charge in [0.1, 0.15) is 12.7 Å². The lowest BCUT2D eigenvalue weighted by atomic mass is 9.72. The second-order valence-corrected chi connectivity index (χ2v) is 4.66. The highest BCUT2D eigenvalue weighted by Gasteiger charge is 2.42. The molecule has 8 nitrogen and oxygen atoms in total. The standard InChI is InChI=1S/C12H16O8/c13-5-19-4-10(20-6-14)7-1-2-8(11(15)16)9(3-7)12(17)18/h5-10H,1-4H2,(H,15,16)(H,17,18). The van der Waals surface area contributed by atoms with Crippen LogP contribution >= 0.6 is 0 Å². The van der Waals surface area contributed by atoms with E-state index < -0.39 is 29.9 Å². The van der Waals surface area contributed by atoms with E-state index in [0.717, 1.165) is 0 Å². The molecule has 0 radical (unpaired) electrons. The Morgan fingerprint density at radius 2 is 1.75 bits per heavy atom. The quantitative estimate of drug-likeness (QED) is 0.593. The maximum Gasteiger partial charge on any atom is 0.307 e. The Balaban J connectivity index is 2.76. The summed E-state index contributed by atoms with van der Waals surface area (Å²) >= 11 is 0. The van der Waals surface area contributed by atoms with E-state index in [2.05, 4.69) is 4.74 Å². The molecule has 4 atom stereocenters. The number of hydrogen-bond donors (Lipinski definition) is 2. The first-order chi connectivity index (χ1) is 9.51. The van der Waals surface area contributed by atoms with E-state index in [9.17, 15) is 19.2 Å². The summed E-state index contributed by atoms with van der Waals surface area (Å²) in [6, 6.07) is 0. The van der Waals surface area contributed by atoms with Crippen LogP contribution in [0.4, 0.5) is 0 Å². The number of hydrogen-bond acceptors (Lipinski definition) is 6. The van der Waals surface area contributed by atoms with Crippen molar-refractivity contribution in [2.45, 2.75) is 25.4 Å². The van der Waals surface area contributed by atoms with Crippen LogP contribution in [0, 0.1) is 17.8 Å². The summed E-state index contributed by atoms with van der Waals surface area (Å²) in [6.07, 6.45) is -0.125. The Morgan fingerprint density at radius 3 is 2.25 bits per heavy atom. The van der Waals surface area contributed by atoms with Crippen LogP contribution in [0.5, 0.6) is 0 Å². The van der Waals surface area contributed by atoms with Crippen LogP contribution in [0.15, 0.2) is 0 Å². The van der Waals surface area contributed by atoms with Gasteiger partial charge in [0, 0.05) is 5.92 Å². The first kappa shape index (κ1) is 15.9. The fraction of sp³-hybridized carbons (Fsp3) is 0.667. The van der Waals surface area contributed by atoms with Gasteiger partial charge in [0.15, 0.2) is 0 Å². The fourth-order valence-electron chi connectivity index (χ4n) is 2.60. The monoisotopic (exact) mass is 288 g/mol. The SMILES string of the molecule is O=COCC(OC=O)C1CCC(C(=O)O)C(C(=O)O)C1. The van der Waals surface area contributed by atoms with Crippen LogP contribution < -0.4 is 0 Å². The van der Waals surface area contributed by atoms with Crippen molar-refractivity contribution in [3.8, 4) is 0 Å². The molecule has 0 amide bonds. The molecule has 0 saturated heterocycles. The predicted octanol–water partition coefficient (Wildman–Crippen LogP) is -0.0973. The average Bonchev–Trinajstić information content (AvgIpc) is 2.42. The first-order valence-corrected chi connectivity index (χ1v) is 6.11. The Labute approximate surface area is 114 Å². The van der Waals surface area contributed by atoms with Crippen molar-refractivity contribution in [1.29, 1.82) is 0 Å². The van der Waals surface area contributed by atoms with Gasteiger partial charge < -0.3 is 19.7 Å². The van der Waals surface area contributed by atoms with Gasteiger partial charge in [-0.05, 0) is 19.3 Å². The fourth-order valence-corrected chi connectivity index (χ4v) is 2.60. The molecular formula is C12H16O8. The van der Waals surface area contributed by atoms with Gasteiger partial charge in [-0.25, -0.2) is 0 Å². The highest BCUT2D eigenvalue weighted by Crippen LogP contribution is 2.36. The van der Waals surface area contributed by atoms with Crippen LogP contribution in [0.25, 0.3) is 0 Å². The van der Waals surface area contributed by atoms with Crippen molar-refractivity contribution in [3.63, 3.8) is 0 Å². The summed E-state index contributed by atoms with van der Waals surface area (Å²) in [6.45, 7) is 0.244. The maximum atomic E-state index is 11.1. The molecule has 1 saturated carbocycles. The topological polar surface area (TPSA) is 127 Å². The number of carbonyl (C=O) groups excluding carboxylic acids is 2. The molecule has 1 aliphatic carbocycles. The van der Waals surface area contributed by atoms with Gasteiger partial charge in [0.05, 0.1) is 11.8 Å². The molecule has 1 aliphatic rings. The molecule has 0 aromatic heterocycles. The van der Waals surface area contributed by atoms with Crippen LogP contribution in [-0.4, -0.2) is 47.8 Å². The second kappa shape index (κ2) is 7.46. The molecule has 0 spiro atoms. The molecule has 4 unspecified atom stereocenters. The highest BCUT2D eigenvalue weighted by molar-refractivity contribution is 5.80. The average molecular weight is 288 g/mol. The molecule has 0 aliphatic heterocycles. The summed E-state index contributed by atoms with van der Waals surface area (Å²) in [5.41, 5.74) is 0. The lowest BCUT2D eigenvalue weighted by Crippen LogP contribution is -2.40. The minimum atomic E-state index is -1.19. The molecule has 0 aromatic rings. The first-order valence-electron chi connectivity index (χ1n) is 6.11. The lowest BCUT2D eigenvalue weighted by Gasteiger charge is -2.34. The van der Waals surface area contributed by atoms with Gasteiger partial charge in [-0.3, -0.25) is 19.2 Å². The molecular weight excluding hydrogens is 272 g/mol. The summed E-state index contributed by atoms with van der Waals surface area (Å²) in [7, 11) is 0. The van der Waals surface area contributed by atoms with E-state index in [-0.39, 0.29) is 38.3 Å². The minimum Gasteiger partial charge on any atom is -0.481 e. The van der Waals surface area contributed by atoms with Crippen molar-refractivity contribution < 1.29 is 38.9 Å². The molecule has 2 N–H and O–H groups in total. The van der Waals surface area contributed by atoms with E-state index >= 15 is 0 Å². The number of carboxylic acids is 2. The van der Waals surface area contributed by atoms with E-state index in [0.29, 0.717) is 6.42 Å². The summed E-state index contributed by atoms with van der Waals surface area (Å²) in [5.74, 6) is -4.68. The Morgan fingerprint density at radius 1 is 1.10 bits per heavy atom. The maximum absolute atomic E-state index is 11.1. The van der Waals surface area contributed by atoms with Gasteiger partial charge >= 0.3 is 11.9 Å². The van der Waals surface area contributed by atoms with Crippen LogP contribution in [-0.2, 0) is 28.7 Å². The zero-order chi connectivity index (χ0) is 15.1. The lowest BCUT2D eigenvalue weighted by molar-refractivity contribution is -0.160. The third-order valence-corrected chi connectivity index (χ3v) is 3.61. The molecule has 0 heterocycles. The van der Waals surface area contributed by atoms with Gasteiger partial charge in [0.2, 0.25) is 0 Å². The van der Waals surface area contributed by atoms with Crippen molar-refractivity contribution in [2.75, 3.05) is 6.61 Å². The molecule has 20 heavy (non-hydrogen) atoms. The van der Waals surface area contributed by atoms with Crippen molar-refractivity contribution in [1.82, 2.24) is 0 Å². The molecule has 112 valence electrons. The van der Waals surface area contributed by atoms with Crippen LogP contribution in [0.1, 0.15) is 19.3 Å². The number of rotatable bonds is 8. The second-order valence-electron chi connectivity index (χ2n) is 4.66. The van der Waals surface area contributed by atoms with Gasteiger partial charge in [-0.2, -0.15) is 0 Å². The molecule has 0 aromatic carbocycles. The van der Waals surface area contributed by atoms with E-state index in [4.69, 9.17) is 14.9 Å². The summed E-state index contributed by atoms with van der Waals surface area (Å²) in [4.78, 5) is 42.8. The zero-order valence-corrected chi connectivity index (χ0v) is 10.6. The third-order valence-electron chi connectivity index (χ3n) is 3.61. The molecule has 1 rings (SSSR count). The Bertz CT molecular complexity index is 380. The summed E-state index contributed by atoms with van der Waals surface area (Å²) < 4.78 is 9.35. The Hall–Kier alpha value is -2.12.